The van der Waals surface area contributed by atoms with E-state index in [-0.39, 0.29) is 17.3 Å². The highest BCUT2D eigenvalue weighted by Crippen LogP contribution is 2.26. The molecule has 0 aliphatic carbocycles. The standard InChI is InChI=1S/C21H18ClN3O4S/c1-25(13-20-23-21(24-29-20)16-4-3-5-17(22)10-16)30(26,27)19-9-7-14-11-18(28-2)8-6-15(14)12-19/h3-12H,13H2,1-2H3. The second-order valence-corrected chi connectivity index (χ2v) is 9.14. The fourth-order valence-electron chi connectivity index (χ4n) is 3.01. The SMILES string of the molecule is COc1ccc2cc(S(=O)(=O)N(C)Cc3nc(-c4cccc(Cl)c4)no3)ccc2c1. The molecule has 0 saturated heterocycles. The molecule has 0 aliphatic rings. The molecule has 4 aromatic rings. The lowest BCUT2D eigenvalue weighted by molar-refractivity contribution is 0.337. The smallest absolute Gasteiger partial charge is 0.243 e. The highest BCUT2D eigenvalue weighted by Gasteiger charge is 2.23. The molecular weight excluding hydrogens is 426 g/mol. The second-order valence-electron chi connectivity index (χ2n) is 6.66. The van der Waals surface area contributed by atoms with Crippen LogP contribution in [-0.4, -0.2) is 37.0 Å². The van der Waals surface area contributed by atoms with Crippen LogP contribution in [0.3, 0.4) is 0 Å². The summed E-state index contributed by atoms with van der Waals surface area (Å²) in [7, 11) is -0.697. The average Bonchev–Trinajstić information content (AvgIpc) is 3.21. The zero-order chi connectivity index (χ0) is 21.3. The monoisotopic (exact) mass is 443 g/mol. The Morgan fingerprint density at radius 2 is 1.83 bits per heavy atom. The minimum atomic E-state index is -3.75. The topological polar surface area (TPSA) is 85.5 Å². The summed E-state index contributed by atoms with van der Waals surface area (Å²) < 4.78 is 37.7. The summed E-state index contributed by atoms with van der Waals surface area (Å²) in [5.74, 6) is 1.24. The number of rotatable bonds is 6. The van der Waals surface area contributed by atoms with Crippen molar-refractivity contribution in [3.63, 3.8) is 0 Å². The van der Waals surface area contributed by atoms with Crippen LogP contribution in [0.15, 0.2) is 70.1 Å². The molecule has 1 aromatic heterocycles. The third kappa shape index (κ3) is 4.02. The van der Waals surface area contributed by atoms with E-state index < -0.39 is 10.0 Å². The van der Waals surface area contributed by atoms with Gasteiger partial charge in [-0.15, -0.1) is 0 Å². The van der Waals surface area contributed by atoms with Gasteiger partial charge in [0.15, 0.2) is 0 Å². The van der Waals surface area contributed by atoms with E-state index in [0.717, 1.165) is 10.8 Å². The molecule has 0 atom stereocenters. The third-order valence-corrected chi connectivity index (χ3v) is 6.67. The van der Waals surface area contributed by atoms with Gasteiger partial charge in [-0.25, -0.2) is 8.42 Å². The summed E-state index contributed by atoms with van der Waals surface area (Å²) in [5.41, 5.74) is 0.688. The van der Waals surface area contributed by atoms with E-state index in [1.54, 1.807) is 55.6 Å². The van der Waals surface area contributed by atoms with Gasteiger partial charge < -0.3 is 9.26 Å². The largest absolute Gasteiger partial charge is 0.497 e. The second kappa shape index (κ2) is 8.06. The Morgan fingerprint density at radius 3 is 2.60 bits per heavy atom. The zero-order valence-corrected chi connectivity index (χ0v) is 17.8. The molecule has 0 radical (unpaired) electrons. The number of hydrogen-bond acceptors (Lipinski definition) is 6. The van der Waals surface area contributed by atoms with Crippen LogP contribution in [0.2, 0.25) is 5.02 Å². The van der Waals surface area contributed by atoms with Crippen LogP contribution in [0.4, 0.5) is 0 Å². The Labute approximate surface area is 178 Å². The maximum Gasteiger partial charge on any atom is 0.243 e. The summed E-state index contributed by atoms with van der Waals surface area (Å²) in [4.78, 5) is 4.46. The van der Waals surface area contributed by atoms with Crippen molar-refractivity contribution >= 4 is 32.4 Å². The number of benzene rings is 3. The van der Waals surface area contributed by atoms with E-state index >= 15 is 0 Å². The van der Waals surface area contributed by atoms with Gasteiger partial charge in [0.1, 0.15) is 5.75 Å². The maximum atomic E-state index is 13.0. The molecule has 1 heterocycles. The summed E-state index contributed by atoms with van der Waals surface area (Å²) in [6.45, 7) is -0.0590. The molecule has 0 fully saturated rings. The Bertz CT molecular complexity index is 1320. The summed E-state index contributed by atoms with van der Waals surface area (Å²) in [5, 5.41) is 6.15. The van der Waals surface area contributed by atoms with Crippen LogP contribution < -0.4 is 4.74 Å². The van der Waals surface area contributed by atoms with Crippen LogP contribution in [0.25, 0.3) is 22.2 Å². The number of sulfonamides is 1. The number of hydrogen-bond donors (Lipinski definition) is 0. The summed E-state index contributed by atoms with van der Waals surface area (Å²) >= 11 is 5.99. The van der Waals surface area contributed by atoms with Crippen LogP contribution in [0, 0.1) is 0 Å². The lowest BCUT2D eigenvalue weighted by atomic mass is 10.1. The number of fused-ring (bicyclic) bond motifs is 1. The fourth-order valence-corrected chi connectivity index (χ4v) is 4.36. The summed E-state index contributed by atoms with van der Waals surface area (Å²) in [6.07, 6.45) is 0. The van der Waals surface area contributed by atoms with Crippen molar-refractivity contribution in [1.29, 1.82) is 0 Å². The predicted molar refractivity (Wildman–Crippen MR) is 114 cm³/mol. The van der Waals surface area contributed by atoms with Crippen LogP contribution in [0.1, 0.15) is 5.89 Å². The van der Waals surface area contributed by atoms with E-state index in [1.807, 2.05) is 12.1 Å². The Balaban J connectivity index is 1.57. The minimum Gasteiger partial charge on any atom is -0.497 e. The van der Waals surface area contributed by atoms with E-state index in [0.29, 0.717) is 22.2 Å². The number of aromatic nitrogens is 2. The van der Waals surface area contributed by atoms with Gasteiger partial charge in [0.05, 0.1) is 18.6 Å². The average molecular weight is 444 g/mol. The van der Waals surface area contributed by atoms with Gasteiger partial charge in [0.25, 0.3) is 0 Å². The van der Waals surface area contributed by atoms with Crippen molar-refractivity contribution < 1.29 is 17.7 Å². The van der Waals surface area contributed by atoms with Crippen molar-refractivity contribution in [2.24, 2.45) is 0 Å². The van der Waals surface area contributed by atoms with Crippen molar-refractivity contribution in [3.05, 3.63) is 71.6 Å². The zero-order valence-electron chi connectivity index (χ0n) is 16.2. The Hall–Kier alpha value is -2.94. The van der Waals surface area contributed by atoms with E-state index in [1.165, 1.54) is 11.4 Å². The highest BCUT2D eigenvalue weighted by molar-refractivity contribution is 7.89. The first-order valence-corrected chi connectivity index (χ1v) is 10.8. The first kappa shape index (κ1) is 20.3. The van der Waals surface area contributed by atoms with Gasteiger partial charge in [0.2, 0.25) is 21.7 Å². The quantitative estimate of drug-likeness (QED) is 0.439. The molecular formula is C21H18ClN3O4S. The Kier molecular flexibility index (Phi) is 5.46. The van der Waals surface area contributed by atoms with E-state index in [9.17, 15) is 8.42 Å². The third-order valence-electron chi connectivity index (χ3n) is 4.64. The molecule has 4 rings (SSSR count). The van der Waals surface area contributed by atoms with Crippen molar-refractivity contribution in [2.45, 2.75) is 11.4 Å². The molecule has 154 valence electrons. The van der Waals surface area contributed by atoms with Gasteiger partial charge in [-0.2, -0.15) is 9.29 Å². The first-order chi connectivity index (χ1) is 14.4. The van der Waals surface area contributed by atoms with E-state index in [4.69, 9.17) is 20.9 Å². The predicted octanol–water partition coefficient (Wildman–Crippen LogP) is 4.37. The molecule has 0 N–H and O–H groups in total. The fraction of sp³-hybridized carbons (Fsp3) is 0.143. The minimum absolute atomic E-state index is 0.0590. The van der Waals surface area contributed by atoms with Crippen LogP contribution >= 0.6 is 11.6 Å². The number of ether oxygens (including phenoxy) is 1. The summed E-state index contributed by atoms with van der Waals surface area (Å²) in [6, 6.07) is 17.4. The molecule has 0 saturated carbocycles. The molecule has 0 aliphatic heterocycles. The molecule has 7 nitrogen and oxygen atoms in total. The Morgan fingerprint density at radius 1 is 1.07 bits per heavy atom. The molecule has 0 unspecified atom stereocenters. The van der Waals surface area contributed by atoms with Gasteiger partial charge in [0, 0.05) is 17.6 Å². The van der Waals surface area contributed by atoms with Crippen molar-refractivity contribution in [3.8, 4) is 17.1 Å². The van der Waals surface area contributed by atoms with Crippen molar-refractivity contribution in [1.82, 2.24) is 14.4 Å². The lowest BCUT2D eigenvalue weighted by Gasteiger charge is -2.15. The molecule has 0 bridgehead atoms. The molecule has 9 heteroatoms. The van der Waals surface area contributed by atoms with Gasteiger partial charge in [-0.3, -0.25) is 0 Å². The van der Waals surface area contributed by atoms with Gasteiger partial charge in [-0.1, -0.05) is 41.0 Å². The van der Waals surface area contributed by atoms with E-state index in [2.05, 4.69) is 10.1 Å². The molecule has 30 heavy (non-hydrogen) atoms. The number of methoxy groups -OCH3 is 1. The first-order valence-electron chi connectivity index (χ1n) is 8.99. The number of halogens is 1. The number of nitrogens with zero attached hydrogens (tertiary/aromatic N) is 3. The van der Waals surface area contributed by atoms with Crippen LogP contribution in [0.5, 0.6) is 5.75 Å². The molecule has 0 amide bonds. The molecule has 0 spiro atoms. The van der Waals surface area contributed by atoms with Crippen molar-refractivity contribution in [2.75, 3.05) is 14.2 Å². The highest BCUT2D eigenvalue weighted by atomic mass is 35.5. The molecule has 3 aromatic carbocycles. The maximum absolute atomic E-state index is 13.0. The van der Waals surface area contributed by atoms with Crippen LogP contribution in [-0.2, 0) is 16.6 Å². The normalized spacial score (nSPS) is 11.9. The lowest BCUT2D eigenvalue weighted by Crippen LogP contribution is -2.26. The van der Waals surface area contributed by atoms with Gasteiger partial charge >= 0.3 is 0 Å². The van der Waals surface area contributed by atoms with Gasteiger partial charge in [-0.05, 0) is 47.2 Å².